The lowest BCUT2D eigenvalue weighted by atomic mass is 10.1. The molecule has 0 aliphatic heterocycles. The second-order valence-corrected chi connectivity index (χ2v) is 6.04. The molecule has 1 amide bonds. The number of carboxylic acid groups (broad SMARTS) is 1. The SMILES string of the molecule is C=CCc1cncnc1N[C@@H](Cc1ccc(OC(=O)N(C)C)cc1)C(=O)O. The predicted octanol–water partition coefficient (Wildman–Crippen LogP) is 2.37. The van der Waals surface area contributed by atoms with Gasteiger partial charge >= 0.3 is 12.1 Å². The summed E-state index contributed by atoms with van der Waals surface area (Å²) in [7, 11) is 3.18. The maximum Gasteiger partial charge on any atom is 0.414 e. The first-order valence-corrected chi connectivity index (χ1v) is 8.28. The van der Waals surface area contributed by atoms with Crippen LogP contribution in [0.5, 0.6) is 5.75 Å². The molecule has 2 aromatic rings. The Labute approximate surface area is 157 Å². The zero-order chi connectivity index (χ0) is 19.8. The number of allylic oxidation sites excluding steroid dienone is 1. The summed E-state index contributed by atoms with van der Waals surface area (Å²) in [5.74, 6) is -0.142. The highest BCUT2D eigenvalue weighted by Gasteiger charge is 2.20. The van der Waals surface area contributed by atoms with Gasteiger partial charge in [0.05, 0.1) is 0 Å². The number of anilines is 1. The highest BCUT2D eigenvalue weighted by Crippen LogP contribution is 2.17. The van der Waals surface area contributed by atoms with Gasteiger partial charge in [-0.2, -0.15) is 0 Å². The summed E-state index contributed by atoms with van der Waals surface area (Å²) in [5.41, 5.74) is 1.54. The topological polar surface area (TPSA) is 105 Å². The van der Waals surface area contributed by atoms with Crippen LogP contribution >= 0.6 is 0 Å². The van der Waals surface area contributed by atoms with E-state index in [4.69, 9.17) is 4.74 Å². The van der Waals surface area contributed by atoms with Crippen molar-refractivity contribution in [2.24, 2.45) is 0 Å². The van der Waals surface area contributed by atoms with Gasteiger partial charge in [0.25, 0.3) is 0 Å². The van der Waals surface area contributed by atoms with Gasteiger partial charge in [-0.3, -0.25) is 0 Å². The third kappa shape index (κ3) is 5.81. The molecule has 0 fully saturated rings. The molecular formula is C19H22N4O4. The van der Waals surface area contributed by atoms with Gasteiger partial charge < -0.3 is 20.1 Å². The minimum atomic E-state index is -0.999. The van der Waals surface area contributed by atoms with Crippen LogP contribution in [0, 0.1) is 0 Å². The van der Waals surface area contributed by atoms with Crippen LogP contribution in [-0.4, -0.2) is 52.2 Å². The lowest BCUT2D eigenvalue weighted by Crippen LogP contribution is -2.32. The summed E-state index contributed by atoms with van der Waals surface area (Å²) in [6.07, 6.45) is 4.97. The number of carbonyl (C=O) groups is 2. The van der Waals surface area contributed by atoms with Crippen molar-refractivity contribution in [2.45, 2.75) is 18.9 Å². The van der Waals surface area contributed by atoms with Gasteiger partial charge in [-0.05, 0) is 24.1 Å². The van der Waals surface area contributed by atoms with Crippen molar-refractivity contribution in [1.29, 1.82) is 0 Å². The molecule has 1 heterocycles. The van der Waals surface area contributed by atoms with E-state index in [0.29, 0.717) is 18.0 Å². The summed E-state index contributed by atoms with van der Waals surface area (Å²) in [4.78, 5) is 32.6. The first-order chi connectivity index (χ1) is 12.9. The number of aromatic nitrogens is 2. The normalized spacial score (nSPS) is 11.3. The highest BCUT2D eigenvalue weighted by molar-refractivity contribution is 5.77. The van der Waals surface area contributed by atoms with E-state index >= 15 is 0 Å². The number of nitrogens with one attached hydrogen (secondary N) is 1. The molecule has 0 aliphatic rings. The van der Waals surface area contributed by atoms with E-state index in [0.717, 1.165) is 11.1 Å². The summed E-state index contributed by atoms with van der Waals surface area (Å²) in [5, 5.41) is 12.5. The quantitative estimate of drug-likeness (QED) is 0.687. The number of benzene rings is 1. The van der Waals surface area contributed by atoms with Gasteiger partial charge in [-0.15, -0.1) is 6.58 Å². The van der Waals surface area contributed by atoms with Crippen LogP contribution in [-0.2, 0) is 17.6 Å². The maximum absolute atomic E-state index is 11.7. The Hall–Kier alpha value is -3.42. The number of aliphatic carboxylic acids is 1. The Balaban J connectivity index is 2.09. The van der Waals surface area contributed by atoms with E-state index in [1.54, 1.807) is 50.6 Å². The summed E-state index contributed by atoms with van der Waals surface area (Å²) < 4.78 is 5.15. The number of hydrogen-bond donors (Lipinski definition) is 2. The molecular weight excluding hydrogens is 348 g/mol. The number of nitrogens with zero attached hydrogens (tertiary/aromatic N) is 3. The van der Waals surface area contributed by atoms with Gasteiger partial charge in [0, 0.05) is 32.3 Å². The molecule has 0 radical (unpaired) electrons. The summed E-state index contributed by atoms with van der Waals surface area (Å²) in [6, 6.07) is 5.83. The standard InChI is InChI=1S/C19H22N4O4/c1-4-5-14-11-20-12-21-17(14)22-16(18(24)25)10-13-6-8-15(9-7-13)27-19(26)23(2)3/h4,6-9,11-12,16H,1,5,10H2,2-3H3,(H,24,25)(H,20,21,22)/t16-/m0/s1. The second kappa shape index (κ2) is 9.33. The highest BCUT2D eigenvalue weighted by atomic mass is 16.6. The molecule has 0 spiro atoms. The predicted molar refractivity (Wildman–Crippen MR) is 101 cm³/mol. The van der Waals surface area contributed by atoms with Crippen molar-refractivity contribution < 1.29 is 19.4 Å². The van der Waals surface area contributed by atoms with Gasteiger partial charge in [0.1, 0.15) is 23.9 Å². The van der Waals surface area contributed by atoms with Crippen LogP contribution in [0.4, 0.5) is 10.6 Å². The minimum Gasteiger partial charge on any atom is -0.480 e. The van der Waals surface area contributed by atoms with Crippen LogP contribution < -0.4 is 10.1 Å². The van der Waals surface area contributed by atoms with E-state index in [9.17, 15) is 14.7 Å². The number of hydrogen-bond acceptors (Lipinski definition) is 6. The van der Waals surface area contributed by atoms with E-state index in [1.165, 1.54) is 11.2 Å². The van der Waals surface area contributed by atoms with Crippen molar-refractivity contribution in [1.82, 2.24) is 14.9 Å². The zero-order valence-corrected chi connectivity index (χ0v) is 15.3. The van der Waals surface area contributed by atoms with Crippen LogP contribution in [0.15, 0.2) is 49.4 Å². The number of carboxylic acids is 1. The van der Waals surface area contributed by atoms with Crippen LogP contribution in [0.25, 0.3) is 0 Å². The molecule has 2 rings (SSSR count). The van der Waals surface area contributed by atoms with E-state index in [-0.39, 0.29) is 6.42 Å². The van der Waals surface area contributed by atoms with Crippen molar-refractivity contribution in [3.8, 4) is 5.75 Å². The fraction of sp³-hybridized carbons (Fsp3) is 0.263. The molecule has 0 unspecified atom stereocenters. The number of ether oxygens (including phenoxy) is 1. The third-order valence-corrected chi connectivity index (χ3v) is 3.69. The molecule has 1 aromatic carbocycles. The van der Waals surface area contributed by atoms with E-state index in [2.05, 4.69) is 21.9 Å². The van der Waals surface area contributed by atoms with E-state index < -0.39 is 18.1 Å². The summed E-state index contributed by atoms with van der Waals surface area (Å²) in [6.45, 7) is 3.68. The molecule has 8 heteroatoms. The Kier molecular flexibility index (Phi) is 6.87. The molecule has 2 N–H and O–H groups in total. The Morgan fingerprint density at radius 3 is 2.63 bits per heavy atom. The summed E-state index contributed by atoms with van der Waals surface area (Å²) >= 11 is 0. The smallest absolute Gasteiger partial charge is 0.414 e. The average molecular weight is 370 g/mol. The van der Waals surface area contributed by atoms with Gasteiger partial charge in [0.15, 0.2) is 0 Å². The molecule has 0 bridgehead atoms. The molecule has 1 aromatic heterocycles. The molecule has 1 atom stereocenters. The van der Waals surface area contributed by atoms with Gasteiger partial charge in [-0.25, -0.2) is 19.6 Å². The van der Waals surface area contributed by atoms with Crippen LogP contribution in [0.2, 0.25) is 0 Å². The first-order valence-electron chi connectivity index (χ1n) is 8.28. The number of amides is 1. The van der Waals surface area contributed by atoms with Crippen LogP contribution in [0.3, 0.4) is 0 Å². The number of carbonyl (C=O) groups excluding carboxylic acids is 1. The average Bonchev–Trinajstić information content (AvgIpc) is 2.64. The monoisotopic (exact) mass is 370 g/mol. The molecule has 142 valence electrons. The molecule has 27 heavy (non-hydrogen) atoms. The van der Waals surface area contributed by atoms with Crippen LogP contribution in [0.1, 0.15) is 11.1 Å². The Morgan fingerprint density at radius 2 is 2.04 bits per heavy atom. The number of rotatable bonds is 8. The third-order valence-electron chi connectivity index (χ3n) is 3.69. The van der Waals surface area contributed by atoms with Crippen molar-refractivity contribution in [3.63, 3.8) is 0 Å². The fourth-order valence-corrected chi connectivity index (χ4v) is 2.28. The second-order valence-electron chi connectivity index (χ2n) is 6.04. The molecule has 0 saturated carbocycles. The van der Waals surface area contributed by atoms with Crippen molar-refractivity contribution in [3.05, 3.63) is 60.6 Å². The zero-order valence-electron chi connectivity index (χ0n) is 15.3. The molecule has 8 nitrogen and oxygen atoms in total. The van der Waals surface area contributed by atoms with Gasteiger partial charge in [-0.1, -0.05) is 18.2 Å². The van der Waals surface area contributed by atoms with Crippen molar-refractivity contribution >= 4 is 17.9 Å². The maximum atomic E-state index is 11.7. The fourth-order valence-electron chi connectivity index (χ4n) is 2.28. The largest absolute Gasteiger partial charge is 0.480 e. The minimum absolute atomic E-state index is 0.231. The lowest BCUT2D eigenvalue weighted by molar-refractivity contribution is -0.137. The molecule has 0 aliphatic carbocycles. The lowest BCUT2D eigenvalue weighted by Gasteiger charge is -2.17. The van der Waals surface area contributed by atoms with Gasteiger partial charge in [0.2, 0.25) is 0 Å². The van der Waals surface area contributed by atoms with E-state index in [1.807, 2.05) is 0 Å². The molecule has 0 saturated heterocycles. The first kappa shape index (κ1) is 19.9. The van der Waals surface area contributed by atoms with Crippen molar-refractivity contribution in [2.75, 3.05) is 19.4 Å². The Bertz CT molecular complexity index is 806. The Morgan fingerprint density at radius 1 is 1.33 bits per heavy atom.